The number of hydrogen-bond acceptors (Lipinski definition) is 8. The number of fused-ring (bicyclic) bond motifs is 1. The van der Waals surface area contributed by atoms with Crippen LogP contribution in [0.4, 0.5) is 5.69 Å². The molecule has 9 heteroatoms. The zero-order chi connectivity index (χ0) is 22.0. The number of anilines is 1. The fourth-order valence-corrected chi connectivity index (χ4v) is 4.46. The maximum atomic E-state index is 12.1. The Morgan fingerprint density at radius 3 is 2.65 bits per heavy atom. The molecule has 4 rings (SSSR count). The smallest absolute Gasteiger partial charge is 0.272 e. The van der Waals surface area contributed by atoms with Gasteiger partial charge in [0.2, 0.25) is 0 Å². The van der Waals surface area contributed by atoms with Crippen LogP contribution in [0.15, 0.2) is 20.8 Å². The fraction of sp³-hybridized carbons (Fsp3) is 0.636. The van der Waals surface area contributed by atoms with Gasteiger partial charge in [0.25, 0.3) is 10.9 Å². The second-order valence-corrected chi connectivity index (χ2v) is 8.03. The van der Waals surface area contributed by atoms with Crippen molar-refractivity contribution in [1.82, 2.24) is 15.1 Å². The lowest BCUT2D eigenvalue weighted by atomic mass is 9.90. The molecule has 2 unspecified atom stereocenters. The third-order valence-corrected chi connectivity index (χ3v) is 6.18. The normalized spacial score (nSPS) is 21.6. The largest absolute Gasteiger partial charge is 0.488 e. The number of nitrogens with one attached hydrogen (secondary N) is 2. The first-order chi connectivity index (χ1) is 15.1. The van der Waals surface area contributed by atoms with E-state index in [2.05, 4.69) is 29.6 Å². The van der Waals surface area contributed by atoms with Gasteiger partial charge in [0, 0.05) is 44.0 Å². The summed E-state index contributed by atoms with van der Waals surface area (Å²) in [6.45, 7) is 9.05. The third-order valence-electron chi connectivity index (χ3n) is 6.18. The Kier molecular flexibility index (Phi) is 6.41. The van der Waals surface area contributed by atoms with Crippen molar-refractivity contribution < 1.29 is 9.47 Å². The lowest BCUT2D eigenvalue weighted by molar-refractivity contribution is 0.0812. The van der Waals surface area contributed by atoms with E-state index in [1.807, 2.05) is 10.9 Å². The predicted octanol–water partition coefficient (Wildman–Crippen LogP) is -0.0854. The molecule has 0 amide bonds. The summed E-state index contributed by atoms with van der Waals surface area (Å²) in [7, 11) is 0. The van der Waals surface area contributed by atoms with Crippen molar-refractivity contribution in [3.8, 4) is 5.75 Å². The average molecular weight is 430 g/mol. The van der Waals surface area contributed by atoms with Gasteiger partial charge in [0.15, 0.2) is 11.2 Å². The summed E-state index contributed by atoms with van der Waals surface area (Å²) in [5, 5.41) is 12.5. The molecule has 0 radical (unpaired) electrons. The van der Waals surface area contributed by atoms with Gasteiger partial charge in [-0.3, -0.25) is 14.6 Å². The van der Waals surface area contributed by atoms with Gasteiger partial charge in [-0.05, 0) is 33.1 Å². The number of aryl methyl sites for hydroxylation is 1. The maximum absolute atomic E-state index is 12.1. The van der Waals surface area contributed by atoms with E-state index in [1.54, 1.807) is 6.92 Å². The van der Waals surface area contributed by atoms with E-state index in [-0.39, 0.29) is 23.4 Å². The molecule has 31 heavy (non-hydrogen) atoms. The molecular formula is C22H31N5O4. The monoisotopic (exact) mass is 429 g/mol. The van der Waals surface area contributed by atoms with Crippen molar-refractivity contribution in [2.75, 3.05) is 31.7 Å². The van der Waals surface area contributed by atoms with Crippen molar-refractivity contribution >= 4 is 11.4 Å². The van der Waals surface area contributed by atoms with E-state index in [0.717, 1.165) is 55.4 Å². The molecule has 2 aliphatic rings. The lowest BCUT2D eigenvalue weighted by Gasteiger charge is -2.33. The molecule has 2 N–H and O–H groups in total. The summed E-state index contributed by atoms with van der Waals surface area (Å²) < 4.78 is 12.8. The first kappa shape index (κ1) is 21.5. The zero-order valence-electron chi connectivity index (χ0n) is 18.4. The van der Waals surface area contributed by atoms with Gasteiger partial charge in [-0.1, -0.05) is 6.92 Å². The van der Waals surface area contributed by atoms with Crippen molar-refractivity contribution in [1.29, 1.82) is 0 Å². The highest BCUT2D eigenvalue weighted by Crippen LogP contribution is 2.25. The Bertz CT molecular complexity index is 1110. The molecule has 1 fully saturated rings. The van der Waals surface area contributed by atoms with Crippen LogP contribution < -0.4 is 36.9 Å². The topological polar surface area (TPSA) is 107 Å². The van der Waals surface area contributed by atoms with E-state index >= 15 is 0 Å². The van der Waals surface area contributed by atoms with Crippen LogP contribution >= 0.6 is 0 Å². The first-order valence-corrected chi connectivity index (χ1v) is 11.3. The fourth-order valence-electron chi connectivity index (χ4n) is 4.46. The second-order valence-electron chi connectivity index (χ2n) is 8.03. The van der Waals surface area contributed by atoms with Crippen LogP contribution in [0.1, 0.15) is 40.0 Å². The van der Waals surface area contributed by atoms with E-state index in [0.29, 0.717) is 19.2 Å². The molecule has 3 heterocycles. The summed E-state index contributed by atoms with van der Waals surface area (Å²) in [4.78, 5) is 28.9. The lowest BCUT2D eigenvalue weighted by Crippen LogP contribution is -2.50. The summed E-state index contributed by atoms with van der Waals surface area (Å²) in [5.74, 6) is 0.167. The minimum atomic E-state index is -0.555. The predicted molar refractivity (Wildman–Crippen MR) is 118 cm³/mol. The van der Waals surface area contributed by atoms with E-state index in [1.165, 1.54) is 0 Å². The number of nitrogens with zero attached hydrogens (tertiary/aromatic N) is 3. The van der Waals surface area contributed by atoms with Gasteiger partial charge in [-0.25, -0.2) is 4.68 Å². The molecule has 9 nitrogen and oxygen atoms in total. The minimum Gasteiger partial charge on any atom is -0.488 e. The van der Waals surface area contributed by atoms with Gasteiger partial charge in [0.05, 0.1) is 24.1 Å². The summed E-state index contributed by atoms with van der Waals surface area (Å²) in [5.41, 5.74) is 1.22. The van der Waals surface area contributed by atoms with Gasteiger partial charge in [0.1, 0.15) is 5.69 Å². The minimum absolute atomic E-state index is 0.0220. The zero-order valence-corrected chi connectivity index (χ0v) is 18.4. The van der Waals surface area contributed by atoms with Crippen LogP contribution in [0.2, 0.25) is 0 Å². The third kappa shape index (κ3) is 3.98. The van der Waals surface area contributed by atoms with Crippen LogP contribution in [-0.2, 0) is 11.3 Å². The average Bonchev–Trinajstić information content (AvgIpc) is 3.22. The molecule has 0 bridgehead atoms. The number of rotatable bonds is 9. The van der Waals surface area contributed by atoms with Gasteiger partial charge in [-0.2, -0.15) is 5.10 Å². The SMILES string of the molecule is CCOc1c(NCC2C(NC3CCOCC3)=c3cnn(CC)c3=NC2CC)c(=O)c1=O. The second kappa shape index (κ2) is 9.21. The van der Waals surface area contributed by atoms with Crippen LogP contribution in [0, 0.1) is 5.92 Å². The number of hydrogen-bond donors (Lipinski definition) is 2. The molecule has 2 atom stereocenters. The van der Waals surface area contributed by atoms with Gasteiger partial charge >= 0.3 is 0 Å². The van der Waals surface area contributed by atoms with Crippen molar-refractivity contribution in [3.05, 3.63) is 37.3 Å². The molecule has 2 aliphatic heterocycles. The van der Waals surface area contributed by atoms with Gasteiger partial charge in [-0.15, -0.1) is 0 Å². The molecule has 1 aromatic heterocycles. The number of ether oxygens (including phenoxy) is 2. The van der Waals surface area contributed by atoms with Crippen LogP contribution in [0.5, 0.6) is 5.75 Å². The van der Waals surface area contributed by atoms with Crippen molar-refractivity contribution in [2.24, 2.45) is 10.9 Å². The molecule has 0 aliphatic carbocycles. The van der Waals surface area contributed by atoms with Crippen molar-refractivity contribution in [3.63, 3.8) is 0 Å². The Labute approximate surface area is 180 Å². The van der Waals surface area contributed by atoms with Crippen LogP contribution in [0.25, 0.3) is 5.70 Å². The highest BCUT2D eigenvalue weighted by molar-refractivity contribution is 5.62. The molecule has 1 saturated heterocycles. The van der Waals surface area contributed by atoms with Crippen LogP contribution in [0.3, 0.4) is 0 Å². The maximum Gasteiger partial charge on any atom is 0.272 e. The summed E-state index contributed by atoms with van der Waals surface area (Å²) in [6, 6.07) is 0.358. The number of aromatic nitrogens is 2. The summed E-state index contributed by atoms with van der Waals surface area (Å²) >= 11 is 0. The molecule has 0 spiro atoms. The van der Waals surface area contributed by atoms with E-state index in [4.69, 9.17) is 14.5 Å². The van der Waals surface area contributed by atoms with E-state index < -0.39 is 10.9 Å². The molecule has 168 valence electrons. The highest BCUT2D eigenvalue weighted by Gasteiger charge is 2.32. The Balaban J connectivity index is 1.67. The van der Waals surface area contributed by atoms with Crippen LogP contribution in [-0.4, -0.2) is 48.2 Å². The molecular weight excluding hydrogens is 398 g/mol. The van der Waals surface area contributed by atoms with E-state index in [9.17, 15) is 9.59 Å². The van der Waals surface area contributed by atoms with Crippen molar-refractivity contribution in [2.45, 2.75) is 58.7 Å². The Morgan fingerprint density at radius 1 is 1.19 bits per heavy atom. The first-order valence-electron chi connectivity index (χ1n) is 11.3. The quantitative estimate of drug-likeness (QED) is 0.537. The Hall–Kier alpha value is -2.68. The Morgan fingerprint density at radius 2 is 1.97 bits per heavy atom. The molecule has 1 aromatic carbocycles. The molecule has 2 aromatic rings. The van der Waals surface area contributed by atoms with Gasteiger partial charge < -0.3 is 20.1 Å². The standard InChI is InChI=1S/C22H31N5O4/c1-4-16-14(11-23-18-19(28)20(29)21(18)31-6-3)17(25-13-7-9-30-10-8-13)15-12-24-27(5-2)22(15)26-16/h12-14,16,23,25H,4-11H2,1-3H3. The molecule has 0 saturated carbocycles. The summed E-state index contributed by atoms with van der Waals surface area (Å²) in [6.07, 6.45) is 4.62. The highest BCUT2D eigenvalue weighted by atomic mass is 16.5.